The van der Waals surface area contributed by atoms with Crippen LogP contribution >= 0.6 is 0 Å². The van der Waals surface area contributed by atoms with Crippen LogP contribution in [0.25, 0.3) is 21.5 Å². The predicted octanol–water partition coefficient (Wildman–Crippen LogP) is 8.81. The summed E-state index contributed by atoms with van der Waals surface area (Å²) in [6, 6.07) is 23.5. The number of hydrogen-bond acceptors (Lipinski definition) is 5. The average Bonchev–Trinajstić information content (AvgIpc) is 3.42. The van der Waals surface area contributed by atoms with Gasteiger partial charge in [-0.3, -0.25) is 9.11 Å². The minimum absolute atomic E-state index is 0.259. The number of nitrogens with zero attached hydrogens (tertiary/aromatic N) is 2. The average molecular weight is 742 g/mol. The van der Waals surface area contributed by atoms with Gasteiger partial charge in [-0.15, -0.1) is 0 Å². The largest absolute Gasteiger partial charge is 0.344 e. The molecule has 8 nitrogen and oxygen atoms in total. The summed E-state index contributed by atoms with van der Waals surface area (Å²) >= 11 is 0. The Labute approximate surface area is 308 Å². The van der Waals surface area contributed by atoms with E-state index in [0.717, 1.165) is 22.8 Å². The Morgan fingerprint density at radius 3 is 2.10 bits per heavy atom. The van der Waals surface area contributed by atoms with Crippen molar-refractivity contribution < 1.29 is 30.5 Å². The summed E-state index contributed by atoms with van der Waals surface area (Å²) in [4.78, 5) is 2.28. The van der Waals surface area contributed by atoms with Crippen LogP contribution < -0.4 is 4.90 Å². The van der Waals surface area contributed by atoms with Crippen molar-refractivity contribution in [3.05, 3.63) is 119 Å². The Bertz CT molecular complexity index is 2390. The molecular formula is C42H49N2O6S2+. The molecule has 0 atom stereocenters. The van der Waals surface area contributed by atoms with E-state index in [-0.39, 0.29) is 22.3 Å². The van der Waals surface area contributed by atoms with Gasteiger partial charge < -0.3 is 4.90 Å². The van der Waals surface area contributed by atoms with Crippen molar-refractivity contribution in [2.24, 2.45) is 0 Å². The van der Waals surface area contributed by atoms with E-state index < -0.39 is 20.2 Å². The van der Waals surface area contributed by atoms with E-state index in [1.807, 2.05) is 12.1 Å². The maximum Gasteiger partial charge on any atom is 0.264 e. The predicted molar refractivity (Wildman–Crippen MR) is 213 cm³/mol. The molecule has 0 fully saturated rings. The zero-order valence-electron chi connectivity index (χ0n) is 30.6. The van der Waals surface area contributed by atoms with Crippen molar-refractivity contribution in [2.45, 2.75) is 71.1 Å². The lowest BCUT2D eigenvalue weighted by atomic mass is 9.79. The molecule has 52 heavy (non-hydrogen) atoms. The first-order valence-electron chi connectivity index (χ1n) is 17.9. The minimum Gasteiger partial charge on any atom is -0.344 e. The molecule has 6 rings (SSSR count). The first kappa shape index (κ1) is 37.7. The van der Waals surface area contributed by atoms with E-state index >= 15 is 0 Å². The van der Waals surface area contributed by atoms with Crippen LogP contribution in [-0.4, -0.2) is 60.8 Å². The van der Waals surface area contributed by atoms with Crippen LogP contribution in [0, 0.1) is 6.92 Å². The van der Waals surface area contributed by atoms with E-state index in [1.54, 1.807) is 0 Å². The zero-order chi connectivity index (χ0) is 37.5. The van der Waals surface area contributed by atoms with Crippen LogP contribution in [0.5, 0.6) is 0 Å². The maximum atomic E-state index is 11.4. The molecule has 0 bridgehead atoms. The van der Waals surface area contributed by atoms with Gasteiger partial charge >= 0.3 is 0 Å². The third-order valence-electron chi connectivity index (χ3n) is 10.6. The topological polar surface area (TPSA) is 115 Å². The third-order valence-corrected chi connectivity index (χ3v) is 12.2. The van der Waals surface area contributed by atoms with Gasteiger partial charge in [-0.25, -0.2) is 0 Å². The Morgan fingerprint density at radius 2 is 1.37 bits per heavy atom. The van der Waals surface area contributed by atoms with Crippen molar-refractivity contribution in [1.29, 1.82) is 0 Å². The number of fused-ring (bicyclic) bond motifs is 6. The number of allylic oxidation sites excluding steroid dienone is 6. The highest BCUT2D eigenvalue weighted by atomic mass is 32.2. The molecule has 2 N–H and O–H groups in total. The normalized spacial score (nSPS) is 17.8. The number of unbranched alkanes of at least 4 members (excludes halogenated alkanes) is 2. The molecule has 4 aromatic carbocycles. The Hall–Kier alpha value is -4.09. The Kier molecular flexibility index (Phi) is 10.4. The van der Waals surface area contributed by atoms with Gasteiger partial charge in [0.1, 0.15) is 6.54 Å². The summed E-state index contributed by atoms with van der Waals surface area (Å²) in [7, 11) is -8.04. The van der Waals surface area contributed by atoms with Crippen LogP contribution in [0.3, 0.4) is 0 Å². The number of rotatable bonds is 13. The van der Waals surface area contributed by atoms with Crippen molar-refractivity contribution >= 4 is 58.9 Å². The van der Waals surface area contributed by atoms with Gasteiger partial charge in [-0.1, -0.05) is 86.2 Å². The van der Waals surface area contributed by atoms with Crippen molar-refractivity contribution in [2.75, 3.05) is 29.5 Å². The van der Waals surface area contributed by atoms with Crippen molar-refractivity contribution in [1.82, 2.24) is 0 Å². The molecule has 0 saturated heterocycles. The molecule has 10 heteroatoms. The molecular weight excluding hydrogens is 693 g/mol. The molecule has 0 spiro atoms. The maximum absolute atomic E-state index is 11.4. The molecule has 0 aliphatic carbocycles. The van der Waals surface area contributed by atoms with Crippen molar-refractivity contribution in [3.63, 3.8) is 0 Å². The molecule has 2 aliphatic rings. The fraction of sp³-hybridized carbons (Fsp3) is 0.357. The highest BCUT2D eigenvalue weighted by Gasteiger charge is 2.45. The summed E-state index contributed by atoms with van der Waals surface area (Å²) in [5.41, 5.74) is 7.47. The monoisotopic (exact) mass is 741 g/mol. The van der Waals surface area contributed by atoms with Gasteiger partial charge in [0.15, 0.2) is 5.71 Å². The smallest absolute Gasteiger partial charge is 0.264 e. The van der Waals surface area contributed by atoms with Gasteiger partial charge in [-0.05, 0) is 85.4 Å². The van der Waals surface area contributed by atoms with Gasteiger partial charge in [0.25, 0.3) is 20.2 Å². The molecule has 0 unspecified atom stereocenters. The molecule has 4 aromatic rings. The van der Waals surface area contributed by atoms with Gasteiger partial charge in [0.05, 0.1) is 16.9 Å². The Balaban J connectivity index is 1.33. The highest BCUT2D eigenvalue weighted by molar-refractivity contribution is 7.86. The van der Waals surface area contributed by atoms with Crippen LogP contribution in [0.1, 0.15) is 70.1 Å². The summed E-state index contributed by atoms with van der Waals surface area (Å²) in [5.74, 6) is -0.519. The fourth-order valence-corrected chi connectivity index (χ4v) is 9.32. The fourth-order valence-electron chi connectivity index (χ4n) is 8.18. The minimum atomic E-state index is -4.02. The number of anilines is 1. The van der Waals surface area contributed by atoms with Gasteiger partial charge in [0.2, 0.25) is 5.69 Å². The summed E-state index contributed by atoms with van der Waals surface area (Å²) in [5, 5.41) is 4.75. The molecule has 0 amide bonds. The first-order chi connectivity index (χ1) is 24.5. The number of benzene rings is 4. The summed E-state index contributed by atoms with van der Waals surface area (Å²) in [6.07, 6.45) is 12.4. The second-order valence-corrected chi connectivity index (χ2v) is 18.2. The van der Waals surface area contributed by atoms with Gasteiger partial charge in [0, 0.05) is 47.5 Å². The standard InChI is InChI=1S/C42H48N2O6S2/c1-30-19-20-32-22-24-36-40(34(32)29-30)42(4,5)38(44(36)26-12-14-28-52(48,49)50)18-8-6-7-17-37-41(2,3)39-33-16-10-9-15-31(33)21-23-35(39)43(37)25-11-13-27-51(45,46)47/h6-10,15-24,29H,11-14,25-28H2,1-5H3,(H-,45,46,47,48,49,50)/p+1. The zero-order valence-corrected chi connectivity index (χ0v) is 32.3. The lowest BCUT2D eigenvalue weighted by Crippen LogP contribution is -2.28. The second kappa shape index (κ2) is 14.4. The molecule has 2 aliphatic heterocycles. The van der Waals surface area contributed by atoms with Crippen molar-refractivity contribution in [3.8, 4) is 0 Å². The summed E-state index contributed by atoms with van der Waals surface area (Å²) in [6.45, 7) is 12.3. The van der Waals surface area contributed by atoms with Crippen LogP contribution in [-0.2, 0) is 31.1 Å². The summed E-state index contributed by atoms with van der Waals surface area (Å²) < 4.78 is 66.6. The molecule has 0 aromatic heterocycles. The van der Waals surface area contributed by atoms with E-state index in [4.69, 9.17) is 0 Å². The molecule has 274 valence electrons. The number of aryl methyl sites for hydroxylation is 1. The van der Waals surface area contributed by atoms with Crippen LogP contribution in [0.4, 0.5) is 11.4 Å². The Morgan fingerprint density at radius 1 is 0.712 bits per heavy atom. The van der Waals surface area contributed by atoms with Gasteiger partial charge in [-0.2, -0.15) is 21.4 Å². The van der Waals surface area contributed by atoms with E-state index in [9.17, 15) is 25.9 Å². The highest BCUT2D eigenvalue weighted by Crippen LogP contribution is 2.51. The van der Waals surface area contributed by atoms with E-state index in [1.165, 1.54) is 38.2 Å². The second-order valence-electron chi connectivity index (χ2n) is 15.1. The molecule has 0 saturated carbocycles. The first-order valence-corrected chi connectivity index (χ1v) is 21.2. The number of hydrogen-bond donors (Lipinski definition) is 2. The lowest BCUT2D eigenvalue weighted by molar-refractivity contribution is -0.438. The van der Waals surface area contributed by atoms with E-state index in [0.29, 0.717) is 38.8 Å². The molecule has 2 heterocycles. The van der Waals surface area contributed by atoms with Crippen LogP contribution in [0.2, 0.25) is 0 Å². The molecule has 0 radical (unpaired) electrons. The quantitative estimate of drug-likeness (QED) is 0.0609. The lowest BCUT2D eigenvalue weighted by Gasteiger charge is -2.27. The third kappa shape index (κ3) is 7.67. The SMILES string of the molecule is Cc1ccc2ccc3c(c2c1)C(C)(C)C(C=CC=CC=C1N(CCCCS(=O)(=O)O)c2ccc4ccccc4c2C1(C)C)=[N+]3CCCCS(=O)(=O)O. The van der Waals surface area contributed by atoms with E-state index in [2.05, 4.69) is 129 Å². The van der Waals surface area contributed by atoms with Crippen LogP contribution in [0.15, 0.2) is 103 Å².